The van der Waals surface area contributed by atoms with Gasteiger partial charge in [0.15, 0.2) is 4.77 Å². The molecule has 3 rings (SSSR count). The number of rotatable bonds is 1. The summed E-state index contributed by atoms with van der Waals surface area (Å²) >= 11 is 5.10. The highest BCUT2D eigenvalue weighted by atomic mass is 32.1. The number of hydrogen-bond acceptors (Lipinski definition) is 4. The highest BCUT2D eigenvalue weighted by Crippen LogP contribution is 2.19. The SMILES string of the molecule is Cn1c(=O)cc(-c2ccc3nccnc3c2)[nH]c1=S. The van der Waals surface area contributed by atoms with Crippen LogP contribution in [0.1, 0.15) is 0 Å². The van der Waals surface area contributed by atoms with Crippen molar-refractivity contribution in [2.24, 2.45) is 7.05 Å². The maximum absolute atomic E-state index is 11.7. The molecule has 3 aromatic rings. The largest absolute Gasteiger partial charge is 0.332 e. The molecule has 6 heteroatoms. The Kier molecular flexibility index (Phi) is 2.72. The molecule has 19 heavy (non-hydrogen) atoms. The molecule has 0 unspecified atom stereocenters. The second-order valence-corrected chi connectivity index (χ2v) is 4.53. The van der Waals surface area contributed by atoms with Crippen LogP contribution < -0.4 is 5.56 Å². The topological polar surface area (TPSA) is 63.6 Å². The average Bonchev–Trinajstić information content (AvgIpc) is 2.43. The van der Waals surface area contributed by atoms with Gasteiger partial charge in [0, 0.05) is 31.1 Å². The highest BCUT2D eigenvalue weighted by Gasteiger charge is 2.04. The van der Waals surface area contributed by atoms with Gasteiger partial charge >= 0.3 is 0 Å². The minimum Gasteiger partial charge on any atom is -0.332 e. The third-order valence-corrected chi connectivity index (χ3v) is 3.30. The van der Waals surface area contributed by atoms with E-state index in [4.69, 9.17) is 12.2 Å². The van der Waals surface area contributed by atoms with Crippen molar-refractivity contribution in [3.8, 4) is 11.3 Å². The molecule has 1 aromatic carbocycles. The normalized spacial score (nSPS) is 10.8. The van der Waals surface area contributed by atoms with Crippen LogP contribution in [0, 0.1) is 4.77 Å². The van der Waals surface area contributed by atoms with Crippen LogP contribution in [-0.4, -0.2) is 19.5 Å². The quantitative estimate of drug-likeness (QED) is 0.687. The van der Waals surface area contributed by atoms with Gasteiger partial charge in [0.05, 0.1) is 16.7 Å². The molecule has 5 nitrogen and oxygen atoms in total. The summed E-state index contributed by atoms with van der Waals surface area (Å²) in [6.45, 7) is 0. The fourth-order valence-corrected chi connectivity index (χ4v) is 2.04. The molecule has 0 atom stereocenters. The number of H-pyrrole nitrogens is 1. The van der Waals surface area contributed by atoms with E-state index in [1.165, 1.54) is 10.6 Å². The van der Waals surface area contributed by atoms with E-state index in [0.29, 0.717) is 10.5 Å². The van der Waals surface area contributed by atoms with Gasteiger partial charge in [-0.3, -0.25) is 19.3 Å². The number of aromatic nitrogens is 4. The number of fused-ring (bicyclic) bond motifs is 1. The predicted molar refractivity (Wildman–Crippen MR) is 75.4 cm³/mol. The van der Waals surface area contributed by atoms with Crippen molar-refractivity contribution in [3.05, 3.63) is 51.8 Å². The van der Waals surface area contributed by atoms with E-state index in [9.17, 15) is 4.79 Å². The van der Waals surface area contributed by atoms with Crippen molar-refractivity contribution in [2.45, 2.75) is 0 Å². The van der Waals surface area contributed by atoms with Gasteiger partial charge in [-0.15, -0.1) is 0 Å². The van der Waals surface area contributed by atoms with Crippen molar-refractivity contribution in [3.63, 3.8) is 0 Å². The van der Waals surface area contributed by atoms with E-state index in [1.807, 2.05) is 18.2 Å². The van der Waals surface area contributed by atoms with Crippen molar-refractivity contribution in [1.82, 2.24) is 19.5 Å². The zero-order valence-corrected chi connectivity index (χ0v) is 10.9. The monoisotopic (exact) mass is 270 g/mol. The molecule has 1 N–H and O–H groups in total. The van der Waals surface area contributed by atoms with Crippen LogP contribution in [0.4, 0.5) is 0 Å². The van der Waals surface area contributed by atoms with Crippen LogP contribution in [0.2, 0.25) is 0 Å². The van der Waals surface area contributed by atoms with Crippen molar-refractivity contribution < 1.29 is 0 Å². The maximum Gasteiger partial charge on any atom is 0.254 e. The Hall–Kier alpha value is -2.34. The molecule has 0 spiro atoms. The fourth-order valence-electron chi connectivity index (χ4n) is 1.84. The Balaban J connectivity index is 2.24. The molecular formula is C13H10N4OS. The zero-order chi connectivity index (χ0) is 13.4. The number of aromatic amines is 1. The van der Waals surface area contributed by atoms with E-state index < -0.39 is 0 Å². The van der Waals surface area contributed by atoms with Crippen molar-refractivity contribution in [1.29, 1.82) is 0 Å². The molecule has 94 valence electrons. The number of benzene rings is 1. The van der Waals surface area contributed by atoms with Crippen LogP contribution in [0.3, 0.4) is 0 Å². The van der Waals surface area contributed by atoms with Gasteiger partial charge in [0.1, 0.15) is 0 Å². The highest BCUT2D eigenvalue weighted by molar-refractivity contribution is 7.71. The summed E-state index contributed by atoms with van der Waals surface area (Å²) in [6.07, 6.45) is 3.28. The van der Waals surface area contributed by atoms with Gasteiger partial charge in [-0.2, -0.15) is 0 Å². The van der Waals surface area contributed by atoms with Crippen LogP contribution in [0.25, 0.3) is 22.3 Å². The zero-order valence-electron chi connectivity index (χ0n) is 10.1. The Morgan fingerprint density at radius 1 is 1.16 bits per heavy atom. The molecule has 0 aliphatic heterocycles. The van der Waals surface area contributed by atoms with E-state index in [1.54, 1.807) is 19.4 Å². The van der Waals surface area contributed by atoms with Crippen molar-refractivity contribution in [2.75, 3.05) is 0 Å². The predicted octanol–water partition coefficient (Wildman–Crippen LogP) is 2.05. The molecule has 0 saturated heterocycles. The van der Waals surface area contributed by atoms with Crippen LogP contribution in [0.5, 0.6) is 0 Å². The smallest absolute Gasteiger partial charge is 0.254 e. The molecule has 2 aromatic heterocycles. The standard InChI is InChI=1S/C13H10N4OS/c1-17-12(18)7-10(16-13(17)19)8-2-3-9-11(6-8)15-5-4-14-9/h2-7H,1H3,(H,16,19). The summed E-state index contributed by atoms with van der Waals surface area (Å²) in [4.78, 5) is 23.2. The minimum atomic E-state index is -0.141. The summed E-state index contributed by atoms with van der Waals surface area (Å²) < 4.78 is 1.78. The van der Waals surface area contributed by atoms with Gasteiger partial charge in [-0.25, -0.2) is 0 Å². The van der Waals surface area contributed by atoms with Gasteiger partial charge in [-0.05, 0) is 24.4 Å². The lowest BCUT2D eigenvalue weighted by Crippen LogP contribution is -2.17. The molecule has 0 fully saturated rings. The molecule has 2 heterocycles. The lowest BCUT2D eigenvalue weighted by molar-refractivity contribution is 0.808. The van der Waals surface area contributed by atoms with Crippen LogP contribution in [-0.2, 0) is 7.05 Å². The van der Waals surface area contributed by atoms with E-state index >= 15 is 0 Å². The Bertz CT molecular complexity index is 850. The van der Waals surface area contributed by atoms with E-state index in [-0.39, 0.29) is 5.56 Å². The Labute approximate surface area is 113 Å². The van der Waals surface area contributed by atoms with Crippen LogP contribution in [0.15, 0.2) is 41.5 Å². The lowest BCUT2D eigenvalue weighted by Gasteiger charge is -2.05. The number of nitrogens with one attached hydrogen (secondary N) is 1. The van der Waals surface area contributed by atoms with E-state index in [0.717, 1.165) is 16.6 Å². The molecular weight excluding hydrogens is 260 g/mol. The summed E-state index contributed by atoms with van der Waals surface area (Å²) in [5.74, 6) is 0. The molecule has 0 aliphatic carbocycles. The van der Waals surface area contributed by atoms with E-state index in [2.05, 4.69) is 15.0 Å². The van der Waals surface area contributed by atoms with Gasteiger partial charge in [0.2, 0.25) is 0 Å². The first kappa shape index (κ1) is 11.7. The second kappa shape index (κ2) is 4.40. The van der Waals surface area contributed by atoms with Gasteiger partial charge < -0.3 is 4.98 Å². The molecule has 0 amide bonds. The van der Waals surface area contributed by atoms with Gasteiger partial charge in [0.25, 0.3) is 5.56 Å². The molecule has 0 aliphatic rings. The summed E-state index contributed by atoms with van der Waals surface area (Å²) in [5, 5.41) is 0. The summed E-state index contributed by atoms with van der Waals surface area (Å²) in [7, 11) is 1.64. The number of nitrogens with zero attached hydrogens (tertiary/aromatic N) is 3. The van der Waals surface area contributed by atoms with Crippen LogP contribution >= 0.6 is 12.2 Å². The first-order chi connectivity index (χ1) is 9.15. The average molecular weight is 270 g/mol. The molecule has 0 saturated carbocycles. The number of hydrogen-bond donors (Lipinski definition) is 1. The third kappa shape index (κ3) is 2.06. The first-order valence-electron chi connectivity index (χ1n) is 5.67. The third-order valence-electron chi connectivity index (χ3n) is 2.92. The summed E-state index contributed by atoms with van der Waals surface area (Å²) in [5.41, 5.74) is 2.99. The lowest BCUT2D eigenvalue weighted by atomic mass is 10.1. The molecule has 0 radical (unpaired) electrons. The maximum atomic E-state index is 11.7. The second-order valence-electron chi connectivity index (χ2n) is 4.15. The Morgan fingerprint density at radius 2 is 1.89 bits per heavy atom. The van der Waals surface area contributed by atoms with Crippen molar-refractivity contribution >= 4 is 23.3 Å². The minimum absolute atomic E-state index is 0.141. The fraction of sp³-hybridized carbons (Fsp3) is 0.0769. The molecule has 0 bridgehead atoms. The first-order valence-corrected chi connectivity index (χ1v) is 6.07. The van der Waals surface area contributed by atoms with Gasteiger partial charge in [-0.1, -0.05) is 6.07 Å². The summed E-state index contributed by atoms with van der Waals surface area (Å²) in [6, 6.07) is 7.15. The Morgan fingerprint density at radius 3 is 2.63 bits per heavy atom.